The van der Waals surface area contributed by atoms with E-state index >= 15 is 0 Å². The molecule has 4 rings (SSSR count). The second-order valence-corrected chi connectivity index (χ2v) is 13.1. The molecule has 0 aromatic heterocycles. The number of imide groups is 1. The number of amides is 2. The van der Waals surface area contributed by atoms with Crippen LogP contribution in [0, 0.1) is 28.1 Å². The number of ether oxygens (including phenoxy) is 1. The lowest BCUT2D eigenvalue weighted by molar-refractivity contribution is -0.202. The third kappa shape index (κ3) is 5.87. The molecule has 1 aliphatic heterocycles. The number of benzene rings is 3. The highest BCUT2D eigenvalue weighted by atomic mass is 16.5. The van der Waals surface area contributed by atoms with E-state index in [0.717, 1.165) is 4.90 Å². The van der Waals surface area contributed by atoms with Crippen LogP contribution in [0.25, 0.3) is 0 Å². The first-order valence-corrected chi connectivity index (χ1v) is 14.9. The molecule has 3 aromatic rings. The Balaban J connectivity index is 2.06. The van der Waals surface area contributed by atoms with Crippen molar-refractivity contribution in [3.8, 4) is 0 Å². The number of carboxylic acid groups (broad SMARTS) is 2. The van der Waals surface area contributed by atoms with Crippen molar-refractivity contribution >= 4 is 29.7 Å². The minimum atomic E-state index is -3.24. The van der Waals surface area contributed by atoms with E-state index in [1.165, 1.54) is 12.1 Å². The van der Waals surface area contributed by atoms with Crippen molar-refractivity contribution in [1.82, 2.24) is 4.90 Å². The van der Waals surface area contributed by atoms with E-state index < -0.39 is 64.3 Å². The quantitative estimate of drug-likeness (QED) is 0.150. The summed E-state index contributed by atoms with van der Waals surface area (Å²) in [5, 5.41) is 22.2. The standard InChI is InChI=1S/C36H39NO8/c1-23(2)28(34(3,4)5)35(20-24-14-8-6-9-15-24,22-37-29(38)26-18-12-13-19-27(26)30(37)39)36(31(40)41,32(42)43)33(44)45-21-25-16-10-7-11-17-25/h6-19,23,28H,20-22H2,1-5H3,(H,40,41)(H,42,43)/t28?,35-/m1/s1. The number of fused-ring (bicyclic) bond motifs is 1. The number of aliphatic carboxylic acids is 2. The molecule has 9 nitrogen and oxygen atoms in total. The molecule has 2 amide bonds. The van der Waals surface area contributed by atoms with Gasteiger partial charge in [-0.3, -0.25) is 28.9 Å². The summed E-state index contributed by atoms with van der Waals surface area (Å²) in [6.45, 7) is 8.12. The summed E-state index contributed by atoms with van der Waals surface area (Å²) < 4.78 is 5.59. The second-order valence-electron chi connectivity index (χ2n) is 13.1. The fraction of sp³-hybridized carbons (Fsp3) is 0.361. The van der Waals surface area contributed by atoms with Gasteiger partial charge in [-0.2, -0.15) is 0 Å². The normalized spacial score (nSPS) is 15.4. The second kappa shape index (κ2) is 12.7. The van der Waals surface area contributed by atoms with Crippen LogP contribution in [-0.4, -0.2) is 51.4 Å². The molecule has 3 aromatic carbocycles. The van der Waals surface area contributed by atoms with E-state index in [-0.39, 0.29) is 24.2 Å². The first-order valence-electron chi connectivity index (χ1n) is 14.9. The maximum absolute atomic E-state index is 14.4. The van der Waals surface area contributed by atoms with Crippen LogP contribution in [0.15, 0.2) is 84.9 Å². The molecule has 0 fully saturated rings. The monoisotopic (exact) mass is 613 g/mol. The lowest BCUT2D eigenvalue weighted by Gasteiger charge is -2.55. The summed E-state index contributed by atoms with van der Waals surface area (Å²) in [4.78, 5) is 70.3. The number of carbonyl (C=O) groups is 5. The van der Waals surface area contributed by atoms with Crippen molar-refractivity contribution < 1.29 is 38.9 Å². The van der Waals surface area contributed by atoms with Crippen LogP contribution in [0.1, 0.15) is 66.5 Å². The summed E-state index contributed by atoms with van der Waals surface area (Å²) >= 11 is 0. The minimum absolute atomic E-state index is 0.121. The summed E-state index contributed by atoms with van der Waals surface area (Å²) in [6, 6.07) is 23.3. The molecule has 0 saturated carbocycles. The van der Waals surface area contributed by atoms with Crippen LogP contribution in [0.3, 0.4) is 0 Å². The lowest BCUT2D eigenvalue weighted by Crippen LogP contribution is -2.68. The maximum atomic E-state index is 14.4. The van der Waals surface area contributed by atoms with Gasteiger partial charge in [0.25, 0.3) is 17.2 Å². The van der Waals surface area contributed by atoms with Crippen molar-refractivity contribution in [2.24, 2.45) is 28.1 Å². The van der Waals surface area contributed by atoms with Crippen LogP contribution in [-0.2, 0) is 32.1 Å². The largest absolute Gasteiger partial charge is 0.480 e. The van der Waals surface area contributed by atoms with E-state index in [2.05, 4.69) is 0 Å². The van der Waals surface area contributed by atoms with Crippen molar-refractivity contribution in [2.75, 3.05) is 6.54 Å². The van der Waals surface area contributed by atoms with E-state index in [1.807, 2.05) is 34.6 Å². The Morgan fingerprint density at radius 1 is 0.733 bits per heavy atom. The predicted octanol–water partition coefficient (Wildman–Crippen LogP) is 5.73. The Bertz CT molecular complexity index is 1540. The number of rotatable bonds is 12. The number of nitrogens with zero attached hydrogens (tertiary/aromatic N) is 1. The molecular formula is C36H39NO8. The summed E-state index contributed by atoms with van der Waals surface area (Å²) in [5.41, 5.74) is -4.86. The smallest absolute Gasteiger partial charge is 0.336 e. The van der Waals surface area contributed by atoms with Gasteiger partial charge in [-0.25, -0.2) is 0 Å². The third-order valence-electron chi connectivity index (χ3n) is 8.78. The zero-order chi connectivity index (χ0) is 33.2. The van der Waals surface area contributed by atoms with Crippen LogP contribution in [0.4, 0.5) is 0 Å². The first kappa shape index (κ1) is 33.1. The van der Waals surface area contributed by atoms with Gasteiger partial charge in [0.15, 0.2) is 0 Å². The number of hydrogen-bond acceptors (Lipinski definition) is 6. The van der Waals surface area contributed by atoms with Gasteiger partial charge in [0.05, 0.1) is 11.1 Å². The molecule has 236 valence electrons. The SMILES string of the molecule is CC(C)C(C(C)(C)C)[C@@](Cc1ccccc1)(CN1C(=O)c2ccccc2C1=O)C(C(=O)O)(C(=O)O)C(=O)OCc1ccccc1. The third-order valence-corrected chi connectivity index (χ3v) is 8.78. The van der Waals surface area contributed by atoms with Gasteiger partial charge >= 0.3 is 17.9 Å². The van der Waals surface area contributed by atoms with Crippen LogP contribution in [0.5, 0.6) is 0 Å². The van der Waals surface area contributed by atoms with Gasteiger partial charge in [-0.15, -0.1) is 0 Å². The molecule has 45 heavy (non-hydrogen) atoms. The zero-order valence-electron chi connectivity index (χ0n) is 26.2. The van der Waals surface area contributed by atoms with Crippen LogP contribution in [0.2, 0.25) is 0 Å². The number of esters is 1. The Hall–Kier alpha value is -4.79. The molecule has 0 saturated heterocycles. The maximum Gasteiger partial charge on any atom is 0.336 e. The fourth-order valence-electron chi connectivity index (χ4n) is 7.57. The highest BCUT2D eigenvalue weighted by molar-refractivity contribution is 6.22. The molecule has 1 unspecified atom stereocenters. The molecule has 1 aliphatic rings. The van der Waals surface area contributed by atoms with Crippen molar-refractivity contribution in [2.45, 2.75) is 47.6 Å². The Labute approximate surface area is 262 Å². The summed E-state index contributed by atoms with van der Waals surface area (Å²) in [7, 11) is 0. The average Bonchev–Trinajstić information content (AvgIpc) is 3.21. The molecule has 9 heteroatoms. The average molecular weight is 614 g/mol. The van der Waals surface area contributed by atoms with Gasteiger partial charge in [0.2, 0.25) is 0 Å². The molecule has 0 spiro atoms. The van der Waals surface area contributed by atoms with Crippen LogP contribution >= 0.6 is 0 Å². The Morgan fingerprint density at radius 2 is 1.18 bits per heavy atom. The highest BCUT2D eigenvalue weighted by Gasteiger charge is 2.73. The molecule has 0 bridgehead atoms. The summed E-state index contributed by atoms with van der Waals surface area (Å²) in [6.07, 6.45) is -0.263. The van der Waals surface area contributed by atoms with Crippen molar-refractivity contribution in [1.29, 1.82) is 0 Å². The van der Waals surface area contributed by atoms with Crippen LogP contribution < -0.4 is 0 Å². The van der Waals surface area contributed by atoms with E-state index in [9.17, 15) is 34.2 Å². The topological polar surface area (TPSA) is 138 Å². The molecule has 2 atom stereocenters. The molecule has 1 heterocycles. The van der Waals surface area contributed by atoms with E-state index in [1.54, 1.807) is 72.8 Å². The summed E-state index contributed by atoms with van der Waals surface area (Å²) in [5.74, 6) is -7.99. The number of carboxylic acids is 2. The zero-order valence-corrected chi connectivity index (χ0v) is 26.2. The van der Waals surface area contributed by atoms with Crippen molar-refractivity contribution in [3.63, 3.8) is 0 Å². The van der Waals surface area contributed by atoms with Gasteiger partial charge in [0.1, 0.15) is 6.61 Å². The fourth-order valence-corrected chi connectivity index (χ4v) is 7.57. The number of hydrogen-bond donors (Lipinski definition) is 2. The predicted molar refractivity (Wildman–Crippen MR) is 166 cm³/mol. The Kier molecular flexibility index (Phi) is 9.32. The van der Waals surface area contributed by atoms with Gasteiger partial charge in [0, 0.05) is 12.0 Å². The van der Waals surface area contributed by atoms with Gasteiger partial charge in [-0.05, 0) is 46.9 Å². The molecule has 0 radical (unpaired) electrons. The minimum Gasteiger partial charge on any atom is -0.480 e. The number of carbonyl (C=O) groups excluding carboxylic acids is 3. The van der Waals surface area contributed by atoms with E-state index in [0.29, 0.717) is 11.1 Å². The Morgan fingerprint density at radius 3 is 1.60 bits per heavy atom. The lowest BCUT2D eigenvalue weighted by atomic mass is 9.47. The molecular weight excluding hydrogens is 574 g/mol. The first-order chi connectivity index (χ1) is 21.2. The van der Waals surface area contributed by atoms with Crippen molar-refractivity contribution in [3.05, 3.63) is 107 Å². The van der Waals surface area contributed by atoms with E-state index in [4.69, 9.17) is 4.74 Å². The van der Waals surface area contributed by atoms with Gasteiger partial charge in [-0.1, -0.05) is 107 Å². The molecule has 0 aliphatic carbocycles. The molecule has 2 N–H and O–H groups in total. The highest BCUT2D eigenvalue weighted by Crippen LogP contribution is 2.58. The van der Waals surface area contributed by atoms with Gasteiger partial charge < -0.3 is 14.9 Å².